The van der Waals surface area contributed by atoms with E-state index in [1.807, 2.05) is 6.92 Å². The maximum Gasteiger partial charge on any atom is 0.417 e. The Bertz CT molecular complexity index is 1020. The minimum Gasteiger partial charge on any atom is -0.511 e. The summed E-state index contributed by atoms with van der Waals surface area (Å²) in [6, 6.07) is 8.64. The van der Waals surface area contributed by atoms with Gasteiger partial charge in [0.1, 0.15) is 5.76 Å². The summed E-state index contributed by atoms with van der Waals surface area (Å²) < 4.78 is 40.8. The normalized spacial score (nSPS) is 21.8. The van der Waals surface area contributed by atoms with Crippen LogP contribution in [0.3, 0.4) is 0 Å². The van der Waals surface area contributed by atoms with Gasteiger partial charge >= 0.3 is 6.18 Å². The Morgan fingerprint density at radius 3 is 2.48 bits per heavy atom. The van der Waals surface area contributed by atoms with Gasteiger partial charge in [0.05, 0.1) is 11.1 Å². The van der Waals surface area contributed by atoms with E-state index in [0.29, 0.717) is 24.0 Å². The minimum absolute atomic E-state index is 0.00266. The van der Waals surface area contributed by atoms with Gasteiger partial charge in [-0.05, 0) is 66.1 Å². The second-order valence-corrected chi connectivity index (χ2v) is 8.18. The first kappa shape index (κ1) is 20.0. The zero-order chi connectivity index (χ0) is 20.9. The average Bonchev–Trinajstić information content (AvgIpc) is 3.13. The second-order valence-electron chi connectivity index (χ2n) is 7.74. The van der Waals surface area contributed by atoms with E-state index in [2.05, 4.69) is 0 Å². The summed E-state index contributed by atoms with van der Waals surface area (Å²) in [6.45, 7) is 1.92. The number of carbonyl (C=O) groups is 1. The van der Waals surface area contributed by atoms with Crippen molar-refractivity contribution < 1.29 is 23.1 Å². The molecule has 2 bridgehead atoms. The minimum atomic E-state index is -4.56. The van der Waals surface area contributed by atoms with Crippen LogP contribution in [0.15, 0.2) is 42.2 Å². The smallest absolute Gasteiger partial charge is 0.417 e. The highest BCUT2D eigenvalue weighted by Crippen LogP contribution is 2.47. The molecule has 1 fully saturated rings. The van der Waals surface area contributed by atoms with Gasteiger partial charge in [-0.1, -0.05) is 36.7 Å². The molecule has 2 aliphatic carbocycles. The highest BCUT2D eigenvalue weighted by atomic mass is 35.5. The number of aliphatic hydroxyl groups excluding tert-OH is 1. The molecule has 0 spiro atoms. The maximum atomic E-state index is 13.6. The molecule has 2 aromatic rings. The van der Waals surface area contributed by atoms with Crippen molar-refractivity contribution in [3.8, 4) is 11.1 Å². The largest absolute Gasteiger partial charge is 0.511 e. The zero-order valence-electron chi connectivity index (χ0n) is 15.8. The van der Waals surface area contributed by atoms with Crippen molar-refractivity contribution in [3.63, 3.8) is 0 Å². The molecule has 0 radical (unpaired) electrons. The topological polar surface area (TPSA) is 37.3 Å². The molecule has 2 nitrogen and oxygen atoms in total. The van der Waals surface area contributed by atoms with Crippen LogP contribution in [0.4, 0.5) is 13.2 Å². The van der Waals surface area contributed by atoms with E-state index in [0.717, 1.165) is 24.5 Å². The Kier molecular flexibility index (Phi) is 4.97. The summed E-state index contributed by atoms with van der Waals surface area (Å²) in [5.74, 6) is -0.166. The molecule has 0 heterocycles. The number of allylic oxidation sites excluding steroid dienone is 2. The van der Waals surface area contributed by atoms with Crippen LogP contribution in [0.2, 0.25) is 5.02 Å². The van der Waals surface area contributed by atoms with Crippen LogP contribution in [0.5, 0.6) is 0 Å². The van der Waals surface area contributed by atoms with Crippen molar-refractivity contribution in [2.45, 2.75) is 38.8 Å². The predicted molar refractivity (Wildman–Crippen MR) is 107 cm³/mol. The molecule has 0 unspecified atom stereocenters. The molecule has 2 aliphatic rings. The first-order valence-corrected chi connectivity index (χ1v) is 10.1. The van der Waals surface area contributed by atoms with E-state index in [1.165, 1.54) is 12.1 Å². The number of ketones is 1. The number of hydrogen-bond donors (Lipinski definition) is 1. The fourth-order valence-corrected chi connectivity index (χ4v) is 4.73. The highest BCUT2D eigenvalue weighted by Gasteiger charge is 2.42. The van der Waals surface area contributed by atoms with E-state index in [9.17, 15) is 23.1 Å². The van der Waals surface area contributed by atoms with Gasteiger partial charge in [0.25, 0.3) is 0 Å². The Labute approximate surface area is 172 Å². The fourth-order valence-electron chi connectivity index (χ4n) is 4.56. The molecule has 29 heavy (non-hydrogen) atoms. The Morgan fingerprint density at radius 2 is 1.79 bits per heavy atom. The van der Waals surface area contributed by atoms with E-state index >= 15 is 0 Å². The summed E-state index contributed by atoms with van der Waals surface area (Å²) in [6.07, 6.45) is -1.80. The summed E-state index contributed by atoms with van der Waals surface area (Å²) in [7, 11) is 0. The number of benzene rings is 2. The van der Waals surface area contributed by atoms with Crippen molar-refractivity contribution in [3.05, 3.63) is 63.9 Å². The number of alkyl halides is 3. The third kappa shape index (κ3) is 3.46. The van der Waals surface area contributed by atoms with Crippen LogP contribution < -0.4 is 0 Å². The van der Waals surface area contributed by atoms with E-state index < -0.39 is 11.7 Å². The average molecular weight is 421 g/mol. The van der Waals surface area contributed by atoms with Crippen molar-refractivity contribution in [1.82, 2.24) is 0 Å². The van der Waals surface area contributed by atoms with E-state index in [-0.39, 0.29) is 39.5 Å². The van der Waals surface area contributed by atoms with E-state index in [4.69, 9.17) is 11.6 Å². The summed E-state index contributed by atoms with van der Waals surface area (Å²) in [4.78, 5) is 13.0. The molecule has 0 saturated heterocycles. The van der Waals surface area contributed by atoms with Crippen LogP contribution in [-0.4, -0.2) is 10.9 Å². The molecule has 4 rings (SSSR count). The molecule has 6 heteroatoms. The monoisotopic (exact) mass is 420 g/mol. The van der Waals surface area contributed by atoms with Crippen molar-refractivity contribution in [1.29, 1.82) is 0 Å². The molecule has 1 saturated carbocycles. The molecule has 0 aliphatic heterocycles. The fraction of sp³-hybridized carbons (Fsp3) is 0.348. The highest BCUT2D eigenvalue weighted by molar-refractivity contribution is 6.30. The number of halogens is 4. The van der Waals surface area contributed by atoms with Gasteiger partial charge < -0.3 is 5.11 Å². The summed E-state index contributed by atoms with van der Waals surface area (Å²) >= 11 is 5.80. The van der Waals surface area contributed by atoms with Crippen LogP contribution in [0, 0.1) is 11.8 Å². The lowest BCUT2D eigenvalue weighted by molar-refractivity contribution is -0.137. The number of fused-ring (bicyclic) bond motifs is 2. The number of aryl methyl sites for hydroxylation is 1. The standard InChI is InChI=1S/C23H20ClF3O2/c1-2-12-3-4-13(17-8-7-16(24)11-19(17)23(25,26)27)10-18(12)20-21(28)14-5-6-15(9-14)22(20)29/h3-4,7-8,10-11,14-15,28H,2,5-6,9H2,1H3/t14-,15+/m0/s1. The molecular weight excluding hydrogens is 401 g/mol. The molecular formula is C23H20ClF3O2. The first-order valence-electron chi connectivity index (χ1n) is 9.68. The Morgan fingerprint density at radius 1 is 1.07 bits per heavy atom. The number of aliphatic hydroxyl groups is 1. The number of carbonyl (C=O) groups excluding carboxylic acids is 1. The van der Waals surface area contributed by atoms with Crippen LogP contribution in [0.1, 0.15) is 42.9 Å². The van der Waals surface area contributed by atoms with Crippen LogP contribution in [0.25, 0.3) is 16.7 Å². The molecule has 2 atom stereocenters. The van der Waals surface area contributed by atoms with Crippen molar-refractivity contribution in [2.24, 2.45) is 11.8 Å². The lowest BCUT2D eigenvalue weighted by Crippen LogP contribution is -2.22. The number of rotatable bonds is 3. The van der Waals surface area contributed by atoms with Gasteiger partial charge in [-0.3, -0.25) is 4.79 Å². The van der Waals surface area contributed by atoms with Gasteiger partial charge in [0.2, 0.25) is 0 Å². The van der Waals surface area contributed by atoms with Crippen molar-refractivity contribution >= 4 is 23.0 Å². The molecule has 2 aromatic carbocycles. The Hall–Kier alpha value is -2.27. The van der Waals surface area contributed by atoms with Gasteiger partial charge in [-0.2, -0.15) is 13.2 Å². The zero-order valence-corrected chi connectivity index (χ0v) is 16.6. The summed E-state index contributed by atoms with van der Waals surface area (Å²) in [5, 5.41) is 10.7. The van der Waals surface area contributed by atoms with Gasteiger partial charge in [-0.25, -0.2) is 0 Å². The maximum absolute atomic E-state index is 13.6. The molecule has 0 amide bonds. The number of hydrogen-bond acceptors (Lipinski definition) is 2. The predicted octanol–water partition coefficient (Wildman–Crippen LogP) is 6.86. The van der Waals surface area contributed by atoms with Gasteiger partial charge in [-0.15, -0.1) is 0 Å². The SMILES string of the molecule is CCc1ccc(-c2ccc(Cl)cc2C(F)(F)F)cc1C1=C(O)[C@H]2CC[C@H](C2)C1=O. The third-order valence-corrected chi connectivity index (χ3v) is 6.29. The quantitative estimate of drug-likeness (QED) is 0.589. The third-order valence-electron chi connectivity index (χ3n) is 6.05. The number of Topliss-reactive ketones (excluding diaryl/α,β-unsaturated/α-hetero) is 1. The lowest BCUT2D eigenvalue weighted by Gasteiger charge is -2.24. The molecule has 152 valence electrons. The van der Waals surface area contributed by atoms with Crippen LogP contribution in [-0.2, 0) is 17.4 Å². The van der Waals surface area contributed by atoms with Crippen LogP contribution >= 0.6 is 11.6 Å². The van der Waals surface area contributed by atoms with Gasteiger partial charge in [0.15, 0.2) is 5.78 Å². The van der Waals surface area contributed by atoms with Gasteiger partial charge in [0, 0.05) is 16.9 Å². The molecule has 0 aromatic heterocycles. The van der Waals surface area contributed by atoms with E-state index in [1.54, 1.807) is 18.2 Å². The first-order chi connectivity index (χ1) is 13.7. The lowest BCUT2D eigenvalue weighted by atomic mass is 9.80. The Balaban J connectivity index is 1.91. The second kappa shape index (κ2) is 7.21. The summed E-state index contributed by atoms with van der Waals surface area (Å²) in [5.41, 5.74) is 1.15. The molecule has 1 N–H and O–H groups in total. The van der Waals surface area contributed by atoms with Crippen molar-refractivity contribution in [2.75, 3.05) is 0 Å².